The highest BCUT2D eigenvalue weighted by molar-refractivity contribution is 7.12. The number of thiophene rings is 2. The van der Waals surface area contributed by atoms with E-state index in [2.05, 4.69) is 10.1 Å². The zero-order chi connectivity index (χ0) is 17.2. The van der Waals surface area contributed by atoms with Crippen LogP contribution in [0.2, 0.25) is 0 Å². The maximum atomic E-state index is 12.7. The molecular formula is C18H19N3O2S2. The van der Waals surface area contributed by atoms with Crippen molar-refractivity contribution in [2.45, 2.75) is 26.2 Å². The Hall–Kier alpha value is -1.99. The molecule has 0 saturated carbocycles. The van der Waals surface area contributed by atoms with Gasteiger partial charge >= 0.3 is 0 Å². The molecule has 7 heteroatoms. The molecule has 1 aliphatic heterocycles. The van der Waals surface area contributed by atoms with Gasteiger partial charge in [-0.25, -0.2) is 0 Å². The summed E-state index contributed by atoms with van der Waals surface area (Å²) < 4.78 is 5.42. The summed E-state index contributed by atoms with van der Waals surface area (Å²) in [7, 11) is 0. The van der Waals surface area contributed by atoms with Crippen LogP contribution in [0.15, 0.2) is 32.8 Å². The van der Waals surface area contributed by atoms with Crippen LogP contribution in [0.4, 0.5) is 0 Å². The van der Waals surface area contributed by atoms with Crippen molar-refractivity contribution in [1.82, 2.24) is 15.0 Å². The van der Waals surface area contributed by atoms with Gasteiger partial charge in [0.1, 0.15) is 0 Å². The molecule has 3 aromatic rings. The molecule has 1 aliphatic rings. The highest BCUT2D eigenvalue weighted by Crippen LogP contribution is 2.25. The van der Waals surface area contributed by atoms with Crippen molar-refractivity contribution in [3.8, 4) is 11.4 Å². The SMILES string of the molecule is Cc1csc(C(=O)N2CCCC(Cc3nc(-c4ccsc4)no3)C2)c1. The fourth-order valence-corrected chi connectivity index (χ4v) is 4.71. The van der Waals surface area contributed by atoms with Gasteiger partial charge in [-0.2, -0.15) is 16.3 Å². The van der Waals surface area contributed by atoms with Crippen molar-refractivity contribution in [2.75, 3.05) is 13.1 Å². The number of carbonyl (C=O) groups is 1. The lowest BCUT2D eigenvalue weighted by molar-refractivity contribution is 0.0673. The number of aromatic nitrogens is 2. The van der Waals surface area contributed by atoms with Gasteiger partial charge in [0.25, 0.3) is 5.91 Å². The normalized spacial score (nSPS) is 17.8. The van der Waals surface area contributed by atoms with Gasteiger partial charge in [0.15, 0.2) is 0 Å². The zero-order valence-corrected chi connectivity index (χ0v) is 15.6. The molecule has 1 fully saturated rings. The van der Waals surface area contributed by atoms with Crippen LogP contribution in [0.25, 0.3) is 11.4 Å². The molecule has 1 atom stereocenters. The van der Waals surface area contributed by atoms with E-state index >= 15 is 0 Å². The third kappa shape index (κ3) is 3.67. The summed E-state index contributed by atoms with van der Waals surface area (Å²) in [5.74, 6) is 1.82. The van der Waals surface area contributed by atoms with E-state index in [1.54, 1.807) is 11.3 Å². The second-order valence-electron chi connectivity index (χ2n) is 6.48. The first-order valence-electron chi connectivity index (χ1n) is 8.38. The number of amides is 1. The standard InChI is InChI=1S/C18H19N3O2S2/c1-12-7-15(25-10-12)18(22)21-5-2-3-13(9-21)8-16-19-17(20-23-16)14-4-6-24-11-14/h4,6-7,10-11,13H,2-3,5,8-9H2,1H3. The first-order valence-corrected chi connectivity index (χ1v) is 10.2. The minimum atomic E-state index is 0.146. The molecule has 4 heterocycles. The summed E-state index contributed by atoms with van der Waals surface area (Å²) in [6.07, 6.45) is 2.83. The van der Waals surface area contributed by atoms with Gasteiger partial charge in [-0.05, 0) is 54.1 Å². The Kier molecular flexibility index (Phi) is 4.67. The molecule has 5 nitrogen and oxygen atoms in total. The van der Waals surface area contributed by atoms with Crippen molar-refractivity contribution in [1.29, 1.82) is 0 Å². The molecule has 3 aromatic heterocycles. The lowest BCUT2D eigenvalue weighted by atomic mass is 9.94. The average molecular weight is 374 g/mol. The Morgan fingerprint density at radius 2 is 2.36 bits per heavy atom. The van der Waals surface area contributed by atoms with Gasteiger partial charge in [0.05, 0.1) is 4.88 Å². The molecule has 0 aromatic carbocycles. The monoisotopic (exact) mass is 373 g/mol. The fourth-order valence-electron chi connectivity index (χ4n) is 3.21. The molecule has 1 amide bonds. The second-order valence-corrected chi connectivity index (χ2v) is 8.17. The Morgan fingerprint density at radius 3 is 3.12 bits per heavy atom. The minimum absolute atomic E-state index is 0.146. The average Bonchev–Trinajstić information content (AvgIpc) is 3.35. The van der Waals surface area contributed by atoms with Crippen LogP contribution in [-0.2, 0) is 6.42 Å². The summed E-state index contributed by atoms with van der Waals surface area (Å²) in [5.41, 5.74) is 2.14. The van der Waals surface area contributed by atoms with Gasteiger partial charge in [0.2, 0.25) is 11.7 Å². The van der Waals surface area contributed by atoms with Gasteiger partial charge in [-0.15, -0.1) is 11.3 Å². The van der Waals surface area contributed by atoms with Crippen LogP contribution >= 0.6 is 22.7 Å². The van der Waals surface area contributed by atoms with E-state index < -0.39 is 0 Å². The Labute approximate surface area is 154 Å². The van der Waals surface area contributed by atoms with E-state index in [4.69, 9.17) is 4.52 Å². The van der Waals surface area contributed by atoms with Crippen molar-refractivity contribution < 1.29 is 9.32 Å². The lowest BCUT2D eigenvalue weighted by Crippen LogP contribution is -2.40. The molecule has 130 valence electrons. The van der Waals surface area contributed by atoms with Gasteiger partial charge < -0.3 is 9.42 Å². The quantitative estimate of drug-likeness (QED) is 0.685. The topological polar surface area (TPSA) is 59.2 Å². The van der Waals surface area contributed by atoms with E-state index in [-0.39, 0.29) is 5.91 Å². The van der Waals surface area contributed by atoms with Gasteiger partial charge in [-0.1, -0.05) is 5.16 Å². The molecular weight excluding hydrogens is 354 g/mol. The van der Waals surface area contributed by atoms with Crippen LogP contribution in [0.1, 0.15) is 34.0 Å². The summed E-state index contributed by atoms with van der Waals surface area (Å²) in [6, 6.07) is 3.96. The van der Waals surface area contributed by atoms with Crippen LogP contribution in [-0.4, -0.2) is 34.0 Å². The molecule has 4 rings (SSSR count). The predicted octanol–water partition coefficient (Wildman–Crippen LogP) is 4.26. The smallest absolute Gasteiger partial charge is 0.263 e. The number of likely N-dealkylation sites (tertiary alicyclic amines) is 1. The summed E-state index contributed by atoms with van der Waals surface area (Å²) in [4.78, 5) is 20.0. The van der Waals surface area contributed by atoms with Crippen LogP contribution < -0.4 is 0 Å². The number of carbonyl (C=O) groups excluding carboxylic acids is 1. The van der Waals surface area contributed by atoms with Gasteiger partial charge in [0, 0.05) is 30.5 Å². The highest BCUT2D eigenvalue weighted by atomic mass is 32.1. The van der Waals surface area contributed by atoms with E-state index in [0.29, 0.717) is 17.6 Å². The molecule has 0 radical (unpaired) electrons. The van der Waals surface area contributed by atoms with Crippen LogP contribution in [0, 0.1) is 12.8 Å². The predicted molar refractivity (Wildman–Crippen MR) is 99.0 cm³/mol. The number of nitrogens with zero attached hydrogens (tertiary/aromatic N) is 3. The number of hydrogen-bond donors (Lipinski definition) is 0. The third-order valence-electron chi connectivity index (χ3n) is 4.46. The lowest BCUT2D eigenvalue weighted by Gasteiger charge is -2.31. The number of aryl methyl sites for hydroxylation is 1. The summed E-state index contributed by atoms with van der Waals surface area (Å²) >= 11 is 3.14. The molecule has 0 spiro atoms. The number of piperidine rings is 1. The third-order valence-corrected chi connectivity index (χ3v) is 6.18. The second kappa shape index (κ2) is 7.09. The van der Waals surface area contributed by atoms with Gasteiger partial charge in [-0.3, -0.25) is 4.79 Å². The largest absolute Gasteiger partial charge is 0.339 e. The first-order chi connectivity index (χ1) is 12.2. The summed E-state index contributed by atoms with van der Waals surface area (Å²) in [6.45, 7) is 3.61. The van der Waals surface area contributed by atoms with Crippen molar-refractivity contribution in [3.05, 3.63) is 44.6 Å². The maximum Gasteiger partial charge on any atom is 0.263 e. The Balaban J connectivity index is 1.41. The van der Waals surface area contributed by atoms with E-state index in [1.807, 2.05) is 40.1 Å². The highest BCUT2D eigenvalue weighted by Gasteiger charge is 2.26. The van der Waals surface area contributed by atoms with Crippen molar-refractivity contribution >= 4 is 28.6 Å². The number of rotatable bonds is 4. The fraction of sp³-hybridized carbons (Fsp3) is 0.389. The number of hydrogen-bond acceptors (Lipinski definition) is 6. The molecule has 1 saturated heterocycles. The molecule has 0 aliphatic carbocycles. The van der Waals surface area contributed by atoms with Crippen molar-refractivity contribution in [2.24, 2.45) is 5.92 Å². The first kappa shape index (κ1) is 16.5. The van der Waals surface area contributed by atoms with E-state index in [1.165, 1.54) is 11.3 Å². The molecule has 0 bridgehead atoms. The Bertz CT molecular complexity index is 853. The van der Waals surface area contributed by atoms with Crippen LogP contribution in [0.3, 0.4) is 0 Å². The molecule has 25 heavy (non-hydrogen) atoms. The molecule has 1 unspecified atom stereocenters. The zero-order valence-electron chi connectivity index (χ0n) is 14.0. The molecule has 0 N–H and O–H groups in total. The van der Waals surface area contributed by atoms with E-state index in [9.17, 15) is 4.79 Å². The van der Waals surface area contributed by atoms with E-state index in [0.717, 1.165) is 48.4 Å². The van der Waals surface area contributed by atoms with Crippen molar-refractivity contribution in [3.63, 3.8) is 0 Å². The minimum Gasteiger partial charge on any atom is -0.339 e. The maximum absolute atomic E-state index is 12.7. The van der Waals surface area contributed by atoms with Crippen LogP contribution in [0.5, 0.6) is 0 Å². The summed E-state index contributed by atoms with van der Waals surface area (Å²) in [5, 5.41) is 10.1. The Morgan fingerprint density at radius 1 is 1.44 bits per heavy atom.